The summed E-state index contributed by atoms with van der Waals surface area (Å²) in [4.78, 5) is 8.76. The predicted molar refractivity (Wildman–Crippen MR) is 72.7 cm³/mol. The number of nitrogens with one attached hydrogen (secondary N) is 1. The van der Waals surface area contributed by atoms with Crippen molar-refractivity contribution in [3.05, 3.63) is 17.6 Å². The molecule has 0 unspecified atom stereocenters. The Morgan fingerprint density at radius 3 is 2.61 bits per heavy atom. The molecule has 2 N–H and O–H groups in total. The first-order valence-corrected chi connectivity index (χ1v) is 6.96. The van der Waals surface area contributed by atoms with Crippen molar-refractivity contribution in [3.8, 4) is 0 Å². The molecule has 0 spiro atoms. The quantitative estimate of drug-likeness (QED) is 0.841. The Balaban J connectivity index is 2.28. The monoisotopic (exact) mass is 249 g/mol. The average Bonchev–Trinajstić information content (AvgIpc) is 2.45. The molecular weight excluding hydrogens is 226 g/mol. The highest BCUT2D eigenvalue weighted by atomic mass is 16.3. The molecule has 0 amide bonds. The van der Waals surface area contributed by atoms with E-state index in [0.717, 1.165) is 31.5 Å². The van der Waals surface area contributed by atoms with Gasteiger partial charge in [-0.3, -0.25) is 0 Å². The third-order valence-corrected chi connectivity index (χ3v) is 4.16. The van der Waals surface area contributed by atoms with E-state index in [4.69, 9.17) is 0 Å². The molecule has 1 aromatic heterocycles. The number of aryl methyl sites for hydroxylation is 1. The molecule has 0 fully saturated rings. The Bertz CT molecular complexity index is 394. The van der Waals surface area contributed by atoms with E-state index in [-0.39, 0.29) is 12.1 Å². The smallest absolute Gasteiger partial charge is 0.133 e. The SMILES string of the molecule is CCC(CC)(CO)Nc1ncnc2c1CCCC2. The van der Waals surface area contributed by atoms with Crippen LogP contribution in [0.3, 0.4) is 0 Å². The summed E-state index contributed by atoms with van der Waals surface area (Å²) in [7, 11) is 0. The van der Waals surface area contributed by atoms with E-state index < -0.39 is 0 Å². The largest absolute Gasteiger partial charge is 0.394 e. The maximum absolute atomic E-state index is 9.64. The van der Waals surface area contributed by atoms with Crippen LogP contribution in [0.1, 0.15) is 50.8 Å². The lowest BCUT2D eigenvalue weighted by Gasteiger charge is -2.32. The van der Waals surface area contributed by atoms with Gasteiger partial charge in [0.1, 0.15) is 12.1 Å². The number of aliphatic hydroxyl groups excluding tert-OH is 1. The molecule has 4 heteroatoms. The van der Waals surface area contributed by atoms with Crippen LogP contribution in [-0.2, 0) is 12.8 Å². The maximum atomic E-state index is 9.64. The number of aromatic nitrogens is 2. The zero-order valence-electron chi connectivity index (χ0n) is 11.4. The second-order valence-corrected chi connectivity index (χ2v) is 5.13. The lowest BCUT2D eigenvalue weighted by molar-refractivity contribution is 0.202. The van der Waals surface area contributed by atoms with Gasteiger partial charge in [0, 0.05) is 11.3 Å². The topological polar surface area (TPSA) is 58.0 Å². The van der Waals surface area contributed by atoms with Gasteiger partial charge in [0.15, 0.2) is 0 Å². The van der Waals surface area contributed by atoms with Crippen LogP contribution in [0, 0.1) is 0 Å². The fraction of sp³-hybridized carbons (Fsp3) is 0.714. The molecule has 0 atom stereocenters. The van der Waals surface area contributed by atoms with Gasteiger partial charge in [0.25, 0.3) is 0 Å². The fourth-order valence-electron chi connectivity index (χ4n) is 2.57. The molecule has 2 rings (SSSR count). The first-order valence-electron chi connectivity index (χ1n) is 6.96. The van der Waals surface area contributed by atoms with Crippen molar-refractivity contribution in [1.29, 1.82) is 0 Å². The molecule has 100 valence electrons. The van der Waals surface area contributed by atoms with Crippen LogP contribution in [0.4, 0.5) is 5.82 Å². The van der Waals surface area contributed by atoms with Gasteiger partial charge in [0.05, 0.1) is 12.1 Å². The summed E-state index contributed by atoms with van der Waals surface area (Å²) in [5.41, 5.74) is 2.18. The lowest BCUT2D eigenvalue weighted by Crippen LogP contribution is -2.41. The number of rotatable bonds is 5. The van der Waals surface area contributed by atoms with Crippen molar-refractivity contribution in [1.82, 2.24) is 9.97 Å². The maximum Gasteiger partial charge on any atom is 0.133 e. The van der Waals surface area contributed by atoms with Crippen LogP contribution in [0.5, 0.6) is 0 Å². The van der Waals surface area contributed by atoms with E-state index >= 15 is 0 Å². The highest BCUT2D eigenvalue weighted by molar-refractivity contribution is 5.49. The molecule has 0 aliphatic heterocycles. The third-order valence-electron chi connectivity index (χ3n) is 4.16. The summed E-state index contributed by atoms with van der Waals surface area (Å²) in [5.74, 6) is 0.928. The first-order chi connectivity index (χ1) is 8.74. The summed E-state index contributed by atoms with van der Waals surface area (Å²) < 4.78 is 0. The lowest BCUT2D eigenvalue weighted by atomic mass is 9.92. The van der Waals surface area contributed by atoms with Crippen molar-refractivity contribution in [2.45, 2.75) is 57.9 Å². The average molecular weight is 249 g/mol. The second kappa shape index (κ2) is 5.65. The molecule has 1 heterocycles. The number of fused-ring (bicyclic) bond motifs is 1. The van der Waals surface area contributed by atoms with Crippen molar-refractivity contribution in [3.63, 3.8) is 0 Å². The van der Waals surface area contributed by atoms with Crippen LogP contribution in [0.15, 0.2) is 6.33 Å². The number of aliphatic hydroxyl groups is 1. The van der Waals surface area contributed by atoms with Crippen LogP contribution in [0.25, 0.3) is 0 Å². The molecule has 0 saturated heterocycles. The van der Waals surface area contributed by atoms with Crippen LogP contribution in [0.2, 0.25) is 0 Å². The van der Waals surface area contributed by atoms with Gasteiger partial charge in [-0.1, -0.05) is 13.8 Å². The van der Waals surface area contributed by atoms with Crippen molar-refractivity contribution >= 4 is 5.82 Å². The van der Waals surface area contributed by atoms with Gasteiger partial charge >= 0.3 is 0 Å². The summed E-state index contributed by atoms with van der Waals surface area (Å²) in [6, 6.07) is 0. The van der Waals surface area contributed by atoms with E-state index in [0.29, 0.717) is 0 Å². The van der Waals surface area contributed by atoms with Crippen molar-refractivity contribution < 1.29 is 5.11 Å². The van der Waals surface area contributed by atoms with E-state index in [9.17, 15) is 5.11 Å². The Kier molecular flexibility index (Phi) is 4.17. The van der Waals surface area contributed by atoms with Gasteiger partial charge in [-0.15, -0.1) is 0 Å². The van der Waals surface area contributed by atoms with Crippen molar-refractivity contribution in [2.24, 2.45) is 0 Å². The zero-order chi connectivity index (χ0) is 13.0. The molecule has 1 aliphatic rings. The summed E-state index contributed by atoms with van der Waals surface area (Å²) >= 11 is 0. The summed E-state index contributed by atoms with van der Waals surface area (Å²) in [6.45, 7) is 4.33. The molecule has 1 aromatic rings. The van der Waals surface area contributed by atoms with E-state index in [1.54, 1.807) is 6.33 Å². The van der Waals surface area contributed by atoms with E-state index in [2.05, 4.69) is 29.1 Å². The molecule has 0 radical (unpaired) electrons. The highest BCUT2D eigenvalue weighted by Crippen LogP contribution is 2.28. The number of hydrogen-bond acceptors (Lipinski definition) is 4. The number of nitrogens with zero attached hydrogens (tertiary/aromatic N) is 2. The van der Waals surface area contributed by atoms with Gasteiger partial charge < -0.3 is 10.4 Å². The summed E-state index contributed by atoms with van der Waals surface area (Å²) in [6.07, 6.45) is 7.94. The number of hydrogen-bond donors (Lipinski definition) is 2. The van der Waals surface area contributed by atoms with Crippen LogP contribution < -0.4 is 5.32 Å². The van der Waals surface area contributed by atoms with Gasteiger partial charge in [-0.25, -0.2) is 9.97 Å². The first kappa shape index (κ1) is 13.3. The zero-order valence-corrected chi connectivity index (χ0v) is 11.4. The predicted octanol–water partition coefficient (Wildman–Crippen LogP) is 2.32. The Hall–Kier alpha value is -1.16. The Morgan fingerprint density at radius 2 is 1.94 bits per heavy atom. The summed E-state index contributed by atoms with van der Waals surface area (Å²) in [5, 5.41) is 13.1. The molecule has 4 nitrogen and oxygen atoms in total. The minimum absolute atomic E-state index is 0.138. The minimum Gasteiger partial charge on any atom is -0.394 e. The molecule has 1 aliphatic carbocycles. The normalized spacial score (nSPS) is 15.3. The van der Waals surface area contributed by atoms with E-state index in [1.807, 2.05) is 0 Å². The van der Waals surface area contributed by atoms with Gasteiger partial charge in [-0.2, -0.15) is 0 Å². The minimum atomic E-state index is -0.250. The molecule has 0 saturated carbocycles. The molecule has 0 bridgehead atoms. The van der Waals surface area contributed by atoms with Crippen LogP contribution >= 0.6 is 0 Å². The molecule has 18 heavy (non-hydrogen) atoms. The highest BCUT2D eigenvalue weighted by Gasteiger charge is 2.27. The Morgan fingerprint density at radius 1 is 1.22 bits per heavy atom. The van der Waals surface area contributed by atoms with Crippen molar-refractivity contribution in [2.75, 3.05) is 11.9 Å². The third kappa shape index (κ3) is 2.48. The van der Waals surface area contributed by atoms with Gasteiger partial charge in [-0.05, 0) is 38.5 Å². The molecule has 0 aromatic carbocycles. The molecular formula is C14H23N3O. The fourth-order valence-corrected chi connectivity index (χ4v) is 2.57. The van der Waals surface area contributed by atoms with E-state index in [1.165, 1.54) is 24.1 Å². The standard InChI is InChI=1S/C14H23N3O/c1-3-14(4-2,9-18)17-13-11-7-5-6-8-12(11)15-10-16-13/h10,18H,3-9H2,1-2H3,(H,15,16,17). The van der Waals surface area contributed by atoms with Gasteiger partial charge in [0.2, 0.25) is 0 Å². The van der Waals surface area contributed by atoms with Crippen LogP contribution in [-0.4, -0.2) is 27.2 Å². The number of anilines is 1. The Labute approximate surface area is 109 Å². The second-order valence-electron chi connectivity index (χ2n) is 5.13.